The van der Waals surface area contributed by atoms with Crippen molar-refractivity contribution in [2.75, 3.05) is 23.8 Å². The van der Waals surface area contributed by atoms with Gasteiger partial charge in [0, 0.05) is 23.4 Å². The number of nitrogens with one attached hydrogen (secondary N) is 2. The number of carbonyl (C=O) groups excluding carboxylic acids is 2. The fourth-order valence-corrected chi connectivity index (χ4v) is 8.44. The van der Waals surface area contributed by atoms with E-state index in [0.717, 1.165) is 0 Å². The first-order valence-electron chi connectivity index (χ1n) is 17.2. The largest absolute Gasteiger partial charge is 0.480 e. The summed E-state index contributed by atoms with van der Waals surface area (Å²) in [7, 11) is 0. The molecule has 6 aromatic rings. The molecule has 23 heteroatoms. The van der Waals surface area contributed by atoms with Crippen LogP contribution < -0.4 is 10.6 Å². The number of imidazole rings is 2. The normalized spacial score (nSPS) is 25.8. The number of thiol groups is 1. The second kappa shape index (κ2) is 16.3. The fourth-order valence-electron chi connectivity index (χ4n) is 6.47. The topological polar surface area (TPSA) is 263 Å². The number of aliphatic hydroxyl groups is 4. The highest BCUT2D eigenvalue weighted by Crippen LogP contribution is 2.66. The molecule has 2 aliphatic rings. The maximum atomic E-state index is 12.8. The van der Waals surface area contributed by atoms with Gasteiger partial charge < -0.3 is 52.8 Å². The summed E-state index contributed by atoms with van der Waals surface area (Å²) >= 11 is 9.97. The number of aliphatic hydroxyl groups excluding tert-OH is 4. The number of benzene rings is 2. The van der Waals surface area contributed by atoms with Gasteiger partial charge in [-0.2, -0.15) is 0 Å². The molecule has 2 aromatic carbocycles. The van der Waals surface area contributed by atoms with E-state index in [2.05, 4.69) is 52.8 Å². The van der Waals surface area contributed by atoms with Gasteiger partial charge in [0.05, 0.1) is 19.3 Å². The van der Waals surface area contributed by atoms with Gasteiger partial charge in [0.2, 0.25) is 6.12 Å². The van der Waals surface area contributed by atoms with Crippen LogP contribution in [0.5, 0.6) is 0 Å². The van der Waals surface area contributed by atoms with Crippen LogP contribution >= 0.6 is 18.4 Å². The molecule has 2 aliphatic heterocycles. The molecular formula is C34H33N10O10PS2. The molecule has 0 spiro atoms. The third kappa shape index (κ3) is 7.81. The van der Waals surface area contributed by atoms with Crippen molar-refractivity contribution in [3.8, 4) is 0 Å². The Hall–Kier alpha value is -4.71. The Morgan fingerprint density at radius 1 is 0.737 bits per heavy atom. The minimum Gasteiger partial charge on any atom is -0.480 e. The maximum Gasteiger partial charge on any atom is 0.256 e. The number of rotatable bonds is 12. The highest BCUT2D eigenvalue weighted by Gasteiger charge is 2.51. The monoisotopic (exact) mass is 836 g/mol. The fraction of sp³-hybridized carbons (Fsp3) is 0.294. The van der Waals surface area contributed by atoms with Gasteiger partial charge in [-0.05, 0) is 24.3 Å². The minimum absolute atomic E-state index is 0.126. The molecule has 2 amide bonds. The average Bonchev–Trinajstić information content (AvgIpc) is 3.99. The first-order valence-corrected chi connectivity index (χ1v) is 21.0. The van der Waals surface area contributed by atoms with Crippen LogP contribution in [0.2, 0.25) is 0 Å². The molecule has 0 saturated carbocycles. The van der Waals surface area contributed by atoms with Crippen molar-refractivity contribution in [2.24, 2.45) is 0 Å². The average molecular weight is 837 g/mol. The quantitative estimate of drug-likeness (QED) is 0.0524. The zero-order valence-electron chi connectivity index (χ0n) is 29.2. The SMILES string of the molecule is O=C(Nc1ncnc2c1ncn2[C@@H]1O[C@H](CO[P+]([S-])(S)O[C@H]2[C@@H](O)[C@H](n3cnc4c(NC(=O)c5ccccc5)ncnc43)O[C@@H]2CO)[C@@H](O)[C@H]1O)c1ccccc1. The first-order chi connectivity index (χ1) is 27.5. The first kappa shape index (κ1) is 39.1. The molecule has 6 heterocycles. The second-order valence-electron chi connectivity index (χ2n) is 12.9. The van der Waals surface area contributed by atoms with Gasteiger partial charge in [0.1, 0.15) is 49.8 Å². The minimum atomic E-state index is -3.57. The number of hydrogen-bond acceptors (Lipinski definition) is 18. The number of amides is 2. The van der Waals surface area contributed by atoms with Crippen LogP contribution in [0.25, 0.3) is 22.3 Å². The Morgan fingerprint density at radius 3 is 1.74 bits per heavy atom. The van der Waals surface area contributed by atoms with Crippen LogP contribution in [0, 0.1) is 0 Å². The van der Waals surface area contributed by atoms with Gasteiger partial charge in [-0.25, -0.2) is 39.0 Å². The molecule has 57 heavy (non-hydrogen) atoms. The highest BCUT2D eigenvalue weighted by atomic mass is 33.1. The molecule has 0 bridgehead atoms. The smallest absolute Gasteiger partial charge is 0.256 e. The lowest BCUT2D eigenvalue weighted by Gasteiger charge is -2.29. The zero-order chi connectivity index (χ0) is 39.8. The molecule has 6 N–H and O–H groups in total. The molecule has 9 atom stereocenters. The number of hydrogen-bond donors (Lipinski definition) is 7. The molecule has 296 valence electrons. The van der Waals surface area contributed by atoms with Gasteiger partial charge in [-0.3, -0.25) is 18.7 Å². The van der Waals surface area contributed by atoms with E-state index in [9.17, 15) is 30.0 Å². The van der Waals surface area contributed by atoms with E-state index in [0.29, 0.717) is 11.1 Å². The lowest BCUT2D eigenvalue weighted by atomic mass is 10.1. The Kier molecular flexibility index (Phi) is 11.2. The number of anilines is 2. The second-order valence-corrected chi connectivity index (χ2v) is 18.1. The van der Waals surface area contributed by atoms with Crippen molar-refractivity contribution < 1.29 is 48.5 Å². The van der Waals surface area contributed by atoms with Gasteiger partial charge in [0.25, 0.3) is 11.8 Å². The maximum absolute atomic E-state index is 12.8. The number of carbonyl (C=O) groups is 2. The molecule has 2 saturated heterocycles. The van der Waals surface area contributed by atoms with Crippen LogP contribution in [0.15, 0.2) is 86.0 Å². The third-order valence-electron chi connectivity index (χ3n) is 9.29. The predicted octanol–water partition coefficient (Wildman–Crippen LogP) is 1.60. The summed E-state index contributed by atoms with van der Waals surface area (Å²) in [6, 6.07) is 17.0. The highest BCUT2D eigenvalue weighted by molar-refractivity contribution is 8.76. The molecule has 1 unspecified atom stereocenters. The Labute approximate surface area is 333 Å². The summed E-state index contributed by atoms with van der Waals surface area (Å²) < 4.78 is 26.6. The molecule has 4 aromatic heterocycles. The van der Waals surface area contributed by atoms with E-state index >= 15 is 0 Å². The van der Waals surface area contributed by atoms with E-state index in [1.54, 1.807) is 60.7 Å². The van der Waals surface area contributed by atoms with Crippen LogP contribution in [0.4, 0.5) is 11.6 Å². The summed E-state index contributed by atoms with van der Waals surface area (Å²) in [5.74, 6) is -0.578. The number of nitrogens with zero attached hydrogens (tertiary/aromatic N) is 8. The Bertz CT molecular complexity index is 2400. The van der Waals surface area contributed by atoms with E-state index in [-0.39, 0.29) is 34.0 Å². The predicted molar refractivity (Wildman–Crippen MR) is 206 cm³/mol. The molecule has 0 radical (unpaired) electrons. The molecule has 8 rings (SSSR count). The van der Waals surface area contributed by atoms with Crippen molar-refractivity contribution >= 4 is 76.4 Å². The van der Waals surface area contributed by atoms with Crippen molar-refractivity contribution in [1.82, 2.24) is 39.0 Å². The van der Waals surface area contributed by atoms with Gasteiger partial charge in [0.15, 0.2) is 52.5 Å². The van der Waals surface area contributed by atoms with Gasteiger partial charge in [-0.15, -0.1) is 0 Å². The van der Waals surface area contributed by atoms with E-state index in [1.807, 2.05) is 0 Å². The summed E-state index contributed by atoms with van der Waals surface area (Å²) in [6.45, 7) is -0.979. The third-order valence-corrected chi connectivity index (χ3v) is 11.5. The summed E-state index contributed by atoms with van der Waals surface area (Å²) in [6.07, 6.45) is -8.71. The lowest BCUT2D eigenvalue weighted by Crippen LogP contribution is -2.36. The van der Waals surface area contributed by atoms with Crippen molar-refractivity contribution in [1.29, 1.82) is 0 Å². The zero-order valence-corrected chi connectivity index (χ0v) is 31.8. The molecule has 0 aliphatic carbocycles. The van der Waals surface area contributed by atoms with E-state index < -0.39 is 80.2 Å². The van der Waals surface area contributed by atoms with Crippen molar-refractivity contribution in [2.45, 2.75) is 49.1 Å². The number of aromatic nitrogens is 8. The molecule has 2 fully saturated rings. The van der Waals surface area contributed by atoms with Crippen molar-refractivity contribution in [3.63, 3.8) is 0 Å². The number of fused-ring (bicyclic) bond motifs is 2. The summed E-state index contributed by atoms with van der Waals surface area (Å²) in [5, 5.41) is 49.0. The lowest BCUT2D eigenvalue weighted by molar-refractivity contribution is -0.0522. The molecule has 20 nitrogen and oxygen atoms in total. The number of ether oxygens (including phenoxy) is 2. The van der Waals surface area contributed by atoms with Crippen LogP contribution in [-0.4, -0.2) is 121 Å². The summed E-state index contributed by atoms with van der Waals surface area (Å²) in [4.78, 5) is 51.1. The van der Waals surface area contributed by atoms with E-state index in [1.165, 1.54) is 34.4 Å². The van der Waals surface area contributed by atoms with Gasteiger partial charge >= 0.3 is 0 Å². The Morgan fingerprint density at radius 2 is 1.23 bits per heavy atom. The van der Waals surface area contributed by atoms with E-state index in [4.69, 9.17) is 30.8 Å². The Balaban J connectivity index is 0.924. The van der Waals surface area contributed by atoms with Gasteiger partial charge in [-0.1, -0.05) is 36.4 Å². The van der Waals surface area contributed by atoms with Crippen LogP contribution in [0.1, 0.15) is 33.2 Å². The summed E-state index contributed by atoms with van der Waals surface area (Å²) in [5.41, 5.74) is 1.66. The van der Waals surface area contributed by atoms with Crippen LogP contribution in [0.3, 0.4) is 0 Å². The van der Waals surface area contributed by atoms with Crippen molar-refractivity contribution in [3.05, 3.63) is 97.1 Å². The molecular weight excluding hydrogens is 804 g/mol. The standard InChI is InChI=1S/C34H33N10O10PS2/c45-11-19-26(25(48)34(52-19)44-16-40-22-28(36-14-38-30(22)44)42-32(50)18-9-5-2-6-10-18)54-55(56,57)51-12-20-23(46)24(47)33(53-20)43-15-39-21-27(35-13-37-29(21)43)41-31(49)17-7-3-1-4-8-17/h1-10,13-16,19-20,23-26,33-34,45-48H,11-12H2,(H,56,57)(H,35,37,41,49)(H,36,38,42,50)/t19-,20-,23-,24-,25-,26-,33-,34-/m1/s1. The van der Waals surface area contributed by atoms with Crippen LogP contribution in [-0.2, 0) is 30.8 Å².